The van der Waals surface area contributed by atoms with Gasteiger partial charge in [0, 0.05) is 22.7 Å². The maximum Gasteiger partial charge on any atom is 0.320 e. The highest BCUT2D eigenvalue weighted by atomic mass is 19.1. The minimum absolute atomic E-state index is 0.0170. The smallest absolute Gasteiger partial charge is 0.320 e. The molecule has 0 amide bonds. The minimum atomic E-state index is -0.815. The molecule has 0 saturated heterocycles. The van der Waals surface area contributed by atoms with Gasteiger partial charge in [0.15, 0.2) is 0 Å². The van der Waals surface area contributed by atoms with Crippen LogP contribution in [0.4, 0.5) is 4.39 Å². The van der Waals surface area contributed by atoms with Gasteiger partial charge in [-0.15, -0.1) is 0 Å². The highest BCUT2D eigenvalue weighted by molar-refractivity contribution is 5.94. The number of benzene rings is 1. The highest BCUT2D eigenvalue weighted by Gasteiger charge is 2.26. The molecule has 4 rings (SSSR count). The van der Waals surface area contributed by atoms with Crippen LogP contribution in [0.1, 0.15) is 38.8 Å². The number of hydrogen-bond acceptors (Lipinski definition) is 5. The summed E-state index contributed by atoms with van der Waals surface area (Å²) in [6.45, 7) is 3.82. The molecule has 1 aromatic carbocycles. The number of hydrogen-bond donors (Lipinski definition) is 3. The van der Waals surface area contributed by atoms with Crippen LogP contribution in [-0.2, 0) is 4.79 Å². The number of halogens is 1. The Hall–Kier alpha value is -3.26. The number of carboxylic acids is 1. The van der Waals surface area contributed by atoms with Crippen LogP contribution in [0.3, 0.4) is 0 Å². The Bertz CT molecular complexity index is 1170. The number of rotatable bonds is 7. The van der Waals surface area contributed by atoms with Crippen molar-refractivity contribution in [1.29, 1.82) is 0 Å². The molecule has 1 aliphatic carbocycles. The van der Waals surface area contributed by atoms with Crippen molar-refractivity contribution in [3.8, 4) is 17.0 Å². The largest absolute Gasteiger partial charge is 0.496 e. The number of carbonyl (C=O) groups is 1. The SMILES string of the molecule is COc1ccc(F)cc1-c1ncnc2[nH]c(C3=CCC(N[C@@H](C(=O)O)C(C)C)CC3)cc12. The van der Waals surface area contributed by atoms with Crippen molar-refractivity contribution in [3.63, 3.8) is 0 Å². The van der Waals surface area contributed by atoms with Crippen LogP contribution in [-0.4, -0.2) is 45.2 Å². The summed E-state index contributed by atoms with van der Waals surface area (Å²) in [4.78, 5) is 23.6. The molecule has 8 heteroatoms. The van der Waals surface area contributed by atoms with E-state index in [1.165, 1.54) is 18.5 Å². The van der Waals surface area contributed by atoms with E-state index in [4.69, 9.17) is 4.74 Å². The lowest BCUT2D eigenvalue weighted by molar-refractivity contribution is -0.140. The van der Waals surface area contributed by atoms with Crippen LogP contribution >= 0.6 is 0 Å². The van der Waals surface area contributed by atoms with Crippen molar-refractivity contribution in [1.82, 2.24) is 20.3 Å². The van der Waals surface area contributed by atoms with Crippen molar-refractivity contribution in [2.75, 3.05) is 7.11 Å². The number of aromatic amines is 1. The van der Waals surface area contributed by atoms with Crippen LogP contribution in [0.25, 0.3) is 27.9 Å². The first-order chi connectivity index (χ1) is 15.4. The third-order valence-corrected chi connectivity index (χ3v) is 5.95. The van der Waals surface area contributed by atoms with Gasteiger partial charge in [-0.2, -0.15) is 0 Å². The third-order valence-electron chi connectivity index (χ3n) is 5.95. The molecule has 0 aliphatic heterocycles. The van der Waals surface area contributed by atoms with Crippen LogP contribution < -0.4 is 10.1 Å². The summed E-state index contributed by atoms with van der Waals surface area (Å²) in [5.74, 6) is -0.622. The van der Waals surface area contributed by atoms with E-state index in [9.17, 15) is 14.3 Å². The van der Waals surface area contributed by atoms with E-state index in [1.807, 2.05) is 19.9 Å². The van der Waals surface area contributed by atoms with E-state index in [0.717, 1.165) is 35.9 Å². The molecule has 1 unspecified atom stereocenters. The number of nitrogens with zero attached hydrogens (tertiary/aromatic N) is 2. The first kappa shape index (κ1) is 22.0. The van der Waals surface area contributed by atoms with Gasteiger partial charge < -0.3 is 20.1 Å². The topological polar surface area (TPSA) is 100 Å². The van der Waals surface area contributed by atoms with Gasteiger partial charge in [-0.3, -0.25) is 4.79 Å². The summed E-state index contributed by atoms with van der Waals surface area (Å²) < 4.78 is 19.3. The summed E-state index contributed by atoms with van der Waals surface area (Å²) in [6.07, 6.45) is 5.99. The number of fused-ring (bicyclic) bond motifs is 1. The van der Waals surface area contributed by atoms with Crippen molar-refractivity contribution in [3.05, 3.63) is 48.2 Å². The molecule has 7 nitrogen and oxygen atoms in total. The van der Waals surface area contributed by atoms with E-state index in [1.54, 1.807) is 13.2 Å². The number of ether oxygens (including phenoxy) is 1. The molecule has 0 radical (unpaired) electrons. The van der Waals surface area contributed by atoms with Gasteiger partial charge in [0.1, 0.15) is 29.6 Å². The first-order valence-corrected chi connectivity index (χ1v) is 10.7. The highest BCUT2D eigenvalue weighted by Crippen LogP contribution is 2.36. The van der Waals surface area contributed by atoms with Gasteiger partial charge >= 0.3 is 5.97 Å². The zero-order valence-corrected chi connectivity index (χ0v) is 18.4. The number of aromatic nitrogens is 3. The van der Waals surface area contributed by atoms with E-state index in [-0.39, 0.29) is 17.8 Å². The zero-order chi connectivity index (χ0) is 22.8. The van der Waals surface area contributed by atoms with E-state index < -0.39 is 12.0 Å². The molecule has 2 heterocycles. The molecule has 3 aromatic rings. The van der Waals surface area contributed by atoms with Crippen LogP contribution in [0.15, 0.2) is 36.7 Å². The second-order valence-corrected chi connectivity index (χ2v) is 8.44. The molecular weight excluding hydrogens is 411 g/mol. The van der Waals surface area contributed by atoms with Gasteiger partial charge in [0.25, 0.3) is 0 Å². The lowest BCUT2D eigenvalue weighted by Crippen LogP contribution is -2.46. The summed E-state index contributed by atoms with van der Waals surface area (Å²) in [6, 6.07) is 5.92. The monoisotopic (exact) mass is 438 g/mol. The van der Waals surface area contributed by atoms with Gasteiger partial charge in [-0.05, 0) is 55.0 Å². The quantitative estimate of drug-likeness (QED) is 0.505. The Morgan fingerprint density at radius 3 is 2.78 bits per heavy atom. The second-order valence-electron chi connectivity index (χ2n) is 8.44. The van der Waals surface area contributed by atoms with Crippen molar-refractivity contribution < 1.29 is 19.0 Å². The fraction of sp³-hybridized carbons (Fsp3) is 0.375. The maximum absolute atomic E-state index is 13.9. The molecular formula is C24H27FN4O3. The Morgan fingerprint density at radius 1 is 1.31 bits per heavy atom. The van der Waals surface area contributed by atoms with Crippen molar-refractivity contribution in [2.45, 2.75) is 45.2 Å². The molecule has 0 fully saturated rings. The Labute approximate surface area is 185 Å². The fourth-order valence-electron chi connectivity index (χ4n) is 4.23. The van der Waals surface area contributed by atoms with Crippen LogP contribution in [0.2, 0.25) is 0 Å². The van der Waals surface area contributed by atoms with Gasteiger partial charge in [0.05, 0.1) is 12.8 Å². The van der Waals surface area contributed by atoms with E-state index in [0.29, 0.717) is 22.7 Å². The molecule has 2 atom stereocenters. The molecule has 0 bridgehead atoms. The zero-order valence-electron chi connectivity index (χ0n) is 18.4. The van der Waals surface area contributed by atoms with E-state index >= 15 is 0 Å². The Kier molecular flexibility index (Phi) is 6.23. The Morgan fingerprint density at radius 2 is 2.12 bits per heavy atom. The first-order valence-electron chi connectivity index (χ1n) is 10.7. The summed E-state index contributed by atoms with van der Waals surface area (Å²) in [7, 11) is 1.54. The second kappa shape index (κ2) is 9.08. The number of aliphatic carboxylic acids is 1. The molecule has 3 N–H and O–H groups in total. The number of H-pyrrole nitrogens is 1. The Balaban J connectivity index is 1.61. The predicted molar refractivity (Wildman–Crippen MR) is 121 cm³/mol. The van der Waals surface area contributed by atoms with E-state index in [2.05, 4.69) is 26.3 Å². The summed E-state index contributed by atoms with van der Waals surface area (Å²) >= 11 is 0. The number of nitrogens with one attached hydrogen (secondary N) is 2. The standard InChI is InChI=1S/C24H27FN4O3/c1-13(2)21(24(30)31)28-16-7-4-14(5-8-16)19-11-18-22(26-12-27-23(18)29-19)17-10-15(25)6-9-20(17)32-3/h4,6,9-13,16,21,28H,5,7-8H2,1-3H3,(H,30,31)(H,26,27,29)/t16?,21-/m1/s1. The molecule has 0 saturated carbocycles. The lowest BCUT2D eigenvalue weighted by Gasteiger charge is -2.28. The molecule has 1 aliphatic rings. The van der Waals surface area contributed by atoms with Gasteiger partial charge in [-0.25, -0.2) is 14.4 Å². The van der Waals surface area contributed by atoms with Crippen LogP contribution in [0, 0.1) is 11.7 Å². The number of carboxylic acid groups (broad SMARTS) is 1. The van der Waals surface area contributed by atoms with Gasteiger partial charge in [0.2, 0.25) is 0 Å². The van der Waals surface area contributed by atoms with Crippen LogP contribution in [0.5, 0.6) is 5.75 Å². The molecule has 2 aromatic heterocycles. The predicted octanol–water partition coefficient (Wildman–Crippen LogP) is 4.41. The maximum atomic E-state index is 13.9. The summed E-state index contributed by atoms with van der Waals surface area (Å²) in [5, 5.41) is 13.5. The number of methoxy groups -OCH3 is 1. The lowest BCUT2D eigenvalue weighted by atomic mass is 9.91. The molecule has 32 heavy (non-hydrogen) atoms. The minimum Gasteiger partial charge on any atom is -0.496 e. The van der Waals surface area contributed by atoms with Crippen molar-refractivity contribution >= 4 is 22.6 Å². The molecule has 0 spiro atoms. The fourth-order valence-corrected chi connectivity index (χ4v) is 4.23. The molecule has 168 valence electrons. The average molecular weight is 439 g/mol. The normalized spacial score (nSPS) is 17.4. The average Bonchev–Trinajstić information content (AvgIpc) is 3.22. The van der Waals surface area contributed by atoms with Gasteiger partial charge in [-0.1, -0.05) is 19.9 Å². The summed E-state index contributed by atoms with van der Waals surface area (Å²) in [5.41, 5.74) is 3.93. The number of allylic oxidation sites excluding steroid dienone is 1. The third kappa shape index (κ3) is 4.36. The van der Waals surface area contributed by atoms with Crippen molar-refractivity contribution in [2.24, 2.45) is 5.92 Å².